The van der Waals surface area contributed by atoms with E-state index < -0.39 is 0 Å². The van der Waals surface area contributed by atoms with Gasteiger partial charge in [0, 0.05) is 29.0 Å². The number of hydrogen-bond acceptors (Lipinski definition) is 5. The van der Waals surface area contributed by atoms with E-state index in [1.54, 1.807) is 11.3 Å². The Hall–Kier alpha value is -1.55. The minimum atomic E-state index is 0. The van der Waals surface area contributed by atoms with Crippen LogP contribution >= 0.6 is 35.3 Å². The number of nitrogens with two attached hydrogens (primary N) is 1. The van der Waals surface area contributed by atoms with Crippen molar-refractivity contribution in [2.24, 2.45) is 10.7 Å². The first-order valence-electron chi connectivity index (χ1n) is 8.33. The first-order chi connectivity index (χ1) is 11.9. The van der Waals surface area contributed by atoms with Gasteiger partial charge in [0.15, 0.2) is 17.5 Å². The summed E-state index contributed by atoms with van der Waals surface area (Å²) in [5, 5.41) is 6.12. The summed E-state index contributed by atoms with van der Waals surface area (Å²) in [6.45, 7) is 8.23. The van der Waals surface area contributed by atoms with E-state index in [0.717, 1.165) is 34.3 Å². The van der Waals surface area contributed by atoms with Gasteiger partial charge in [-0.2, -0.15) is 0 Å². The molecule has 142 valence electrons. The van der Waals surface area contributed by atoms with E-state index in [4.69, 9.17) is 15.2 Å². The number of halogens is 1. The van der Waals surface area contributed by atoms with Crippen LogP contribution in [0.3, 0.4) is 0 Å². The van der Waals surface area contributed by atoms with Gasteiger partial charge in [-0.05, 0) is 12.1 Å². The summed E-state index contributed by atoms with van der Waals surface area (Å²) >= 11 is 1.61. The van der Waals surface area contributed by atoms with Gasteiger partial charge in [0.05, 0.1) is 25.5 Å². The van der Waals surface area contributed by atoms with Crippen molar-refractivity contribution in [3.8, 4) is 11.5 Å². The maximum absolute atomic E-state index is 6.00. The molecule has 1 aliphatic rings. The molecular formula is C18H25IN4O2S. The lowest BCUT2D eigenvalue weighted by atomic mass is 9.93. The molecule has 6 nitrogen and oxygen atoms in total. The highest BCUT2D eigenvalue weighted by molar-refractivity contribution is 14.0. The quantitative estimate of drug-likeness (QED) is 0.386. The minimum absolute atomic E-state index is 0. The number of hydrogen-bond donors (Lipinski definition) is 2. The first-order valence-corrected chi connectivity index (χ1v) is 9.21. The number of aliphatic imine (C=N–C) groups is 1. The van der Waals surface area contributed by atoms with E-state index in [-0.39, 0.29) is 29.4 Å². The van der Waals surface area contributed by atoms with Crippen molar-refractivity contribution in [3.63, 3.8) is 0 Å². The van der Waals surface area contributed by atoms with Crippen LogP contribution in [0.15, 0.2) is 28.6 Å². The van der Waals surface area contributed by atoms with Crippen molar-refractivity contribution >= 4 is 47.0 Å². The molecule has 26 heavy (non-hydrogen) atoms. The Morgan fingerprint density at radius 1 is 1.27 bits per heavy atom. The van der Waals surface area contributed by atoms with Crippen LogP contribution in [-0.4, -0.2) is 24.2 Å². The molecule has 0 bridgehead atoms. The fourth-order valence-electron chi connectivity index (χ4n) is 2.31. The van der Waals surface area contributed by atoms with Gasteiger partial charge in [-0.25, -0.2) is 9.98 Å². The smallest absolute Gasteiger partial charge is 0.193 e. The van der Waals surface area contributed by atoms with Crippen molar-refractivity contribution in [1.82, 2.24) is 4.98 Å². The number of nitrogens with zero attached hydrogens (tertiary/aromatic N) is 2. The average Bonchev–Trinajstić information content (AvgIpc) is 2.92. The van der Waals surface area contributed by atoms with E-state index >= 15 is 0 Å². The molecule has 0 saturated carbocycles. The molecule has 3 rings (SSSR count). The number of guanidine groups is 1. The summed E-state index contributed by atoms with van der Waals surface area (Å²) in [5.74, 6) is 1.84. The van der Waals surface area contributed by atoms with Crippen molar-refractivity contribution in [1.29, 1.82) is 0 Å². The van der Waals surface area contributed by atoms with Crippen molar-refractivity contribution in [3.05, 3.63) is 34.3 Å². The van der Waals surface area contributed by atoms with E-state index in [1.165, 1.54) is 0 Å². The molecule has 8 heteroatoms. The second kappa shape index (κ2) is 8.90. The van der Waals surface area contributed by atoms with E-state index in [9.17, 15) is 0 Å². The Balaban J connectivity index is 0.00000243. The highest BCUT2D eigenvalue weighted by atomic mass is 127. The summed E-state index contributed by atoms with van der Waals surface area (Å²) in [6.07, 6.45) is 0.880. The molecule has 0 fully saturated rings. The van der Waals surface area contributed by atoms with Gasteiger partial charge in [0.2, 0.25) is 0 Å². The SMILES string of the molecule is CC(C)(C)c1csc(CN=C(N)Nc2ccc3c(c2)OCCCO3)n1.I. The van der Waals surface area contributed by atoms with Crippen LogP contribution in [0.4, 0.5) is 5.69 Å². The second-order valence-electron chi connectivity index (χ2n) is 6.91. The van der Waals surface area contributed by atoms with E-state index in [1.807, 2.05) is 18.2 Å². The zero-order valence-corrected chi connectivity index (χ0v) is 18.4. The predicted molar refractivity (Wildman–Crippen MR) is 117 cm³/mol. The van der Waals surface area contributed by atoms with Crippen LogP contribution in [0.25, 0.3) is 0 Å². The van der Waals surface area contributed by atoms with E-state index in [0.29, 0.717) is 25.7 Å². The Labute approximate surface area is 175 Å². The number of benzene rings is 1. The molecule has 2 heterocycles. The molecule has 0 saturated heterocycles. The number of aromatic nitrogens is 1. The molecule has 2 aromatic rings. The Bertz CT molecular complexity index is 771. The Kier molecular flexibility index (Phi) is 7.10. The third-order valence-corrected chi connectivity index (χ3v) is 4.56. The highest BCUT2D eigenvalue weighted by Gasteiger charge is 2.17. The lowest BCUT2D eigenvalue weighted by Gasteiger charge is -2.14. The summed E-state index contributed by atoms with van der Waals surface area (Å²) in [5.41, 5.74) is 7.94. The third-order valence-electron chi connectivity index (χ3n) is 3.72. The van der Waals surface area contributed by atoms with Gasteiger partial charge in [0.1, 0.15) is 5.01 Å². The van der Waals surface area contributed by atoms with Gasteiger partial charge < -0.3 is 20.5 Å². The molecule has 3 N–H and O–H groups in total. The predicted octanol–water partition coefficient (Wildman–Crippen LogP) is 4.15. The number of fused-ring (bicyclic) bond motifs is 1. The summed E-state index contributed by atoms with van der Waals surface area (Å²) in [4.78, 5) is 8.99. The fourth-order valence-corrected chi connectivity index (χ4v) is 3.25. The topological polar surface area (TPSA) is 81.8 Å². The zero-order chi connectivity index (χ0) is 17.9. The maximum atomic E-state index is 6.00. The van der Waals surface area contributed by atoms with Crippen LogP contribution < -0.4 is 20.5 Å². The number of thiazole rings is 1. The minimum Gasteiger partial charge on any atom is -0.490 e. The number of rotatable bonds is 3. The molecule has 0 spiro atoms. The van der Waals surface area contributed by atoms with Gasteiger partial charge in [-0.1, -0.05) is 20.8 Å². The lowest BCUT2D eigenvalue weighted by molar-refractivity contribution is 0.297. The third kappa shape index (κ3) is 5.47. The molecule has 1 aromatic carbocycles. The molecule has 1 aromatic heterocycles. The molecule has 0 amide bonds. The Morgan fingerprint density at radius 2 is 2.00 bits per heavy atom. The first kappa shape index (κ1) is 20.8. The molecule has 0 unspecified atom stereocenters. The maximum Gasteiger partial charge on any atom is 0.193 e. The second-order valence-corrected chi connectivity index (χ2v) is 7.86. The molecular weight excluding hydrogens is 463 g/mol. The summed E-state index contributed by atoms with van der Waals surface area (Å²) in [7, 11) is 0. The van der Waals surface area contributed by atoms with Crippen LogP contribution in [0.1, 0.15) is 37.9 Å². The lowest BCUT2D eigenvalue weighted by Crippen LogP contribution is -2.22. The van der Waals surface area contributed by atoms with Crippen LogP contribution in [0, 0.1) is 0 Å². The van der Waals surface area contributed by atoms with Crippen molar-refractivity contribution in [2.45, 2.75) is 39.2 Å². The van der Waals surface area contributed by atoms with Gasteiger partial charge >= 0.3 is 0 Å². The highest BCUT2D eigenvalue weighted by Crippen LogP contribution is 2.32. The summed E-state index contributed by atoms with van der Waals surface area (Å²) in [6, 6.07) is 5.66. The number of anilines is 1. The van der Waals surface area contributed by atoms with Crippen LogP contribution in [0.5, 0.6) is 11.5 Å². The molecule has 1 aliphatic heterocycles. The van der Waals surface area contributed by atoms with Crippen LogP contribution in [-0.2, 0) is 12.0 Å². The van der Waals surface area contributed by atoms with Crippen molar-refractivity contribution < 1.29 is 9.47 Å². The molecule has 0 radical (unpaired) electrons. The van der Waals surface area contributed by atoms with Gasteiger partial charge in [-0.15, -0.1) is 35.3 Å². The average molecular weight is 488 g/mol. The van der Waals surface area contributed by atoms with Gasteiger partial charge in [-0.3, -0.25) is 0 Å². The largest absolute Gasteiger partial charge is 0.490 e. The molecule has 0 atom stereocenters. The molecule has 0 aliphatic carbocycles. The number of nitrogens with one attached hydrogen (secondary N) is 1. The number of ether oxygens (including phenoxy) is 2. The monoisotopic (exact) mass is 488 g/mol. The summed E-state index contributed by atoms with van der Waals surface area (Å²) < 4.78 is 11.3. The normalized spacial score (nSPS) is 14.3. The van der Waals surface area contributed by atoms with E-state index in [2.05, 4.69) is 41.4 Å². The van der Waals surface area contributed by atoms with Crippen molar-refractivity contribution in [2.75, 3.05) is 18.5 Å². The zero-order valence-electron chi connectivity index (χ0n) is 15.2. The Morgan fingerprint density at radius 3 is 2.69 bits per heavy atom. The standard InChI is InChI=1S/C18H24N4O2S.HI/c1-18(2,3)15-11-25-16(22-15)10-20-17(19)21-12-5-6-13-14(9-12)24-8-4-7-23-13;/h5-6,9,11H,4,7-8,10H2,1-3H3,(H3,19,20,21);1H. The van der Waals surface area contributed by atoms with Crippen LogP contribution in [0.2, 0.25) is 0 Å². The van der Waals surface area contributed by atoms with Gasteiger partial charge in [0.25, 0.3) is 0 Å². The fraction of sp³-hybridized carbons (Fsp3) is 0.444.